The van der Waals surface area contributed by atoms with Crippen LogP contribution in [0, 0.1) is 6.92 Å². The number of hydrogen-bond acceptors (Lipinski definition) is 3. The van der Waals surface area contributed by atoms with Crippen molar-refractivity contribution >= 4 is 22.6 Å². The molecule has 0 saturated carbocycles. The highest BCUT2D eigenvalue weighted by Gasteiger charge is 2.35. The van der Waals surface area contributed by atoms with Crippen molar-refractivity contribution in [2.75, 3.05) is 18.6 Å². The lowest BCUT2D eigenvalue weighted by atomic mass is 10.1. The van der Waals surface area contributed by atoms with E-state index in [0.717, 1.165) is 29.1 Å². The Morgan fingerprint density at radius 2 is 1.84 bits per heavy atom. The highest BCUT2D eigenvalue weighted by molar-refractivity contribution is 5.97. The van der Waals surface area contributed by atoms with E-state index < -0.39 is 0 Å². The topological polar surface area (TPSA) is 47.4 Å². The Bertz CT molecular complexity index is 1260. The van der Waals surface area contributed by atoms with Crippen molar-refractivity contribution in [3.63, 3.8) is 0 Å². The van der Waals surface area contributed by atoms with Crippen molar-refractivity contribution in [3.05, 3.63) is 89.7 Å². The van der Waals surface area contributed by atoms with E-state index in [2.05, 4.69) is 41.8 Å². The molecule has 0 spiro atoms. The molecule has 5 rings (SSSR count). The van der Waals surface area contributed by atoms with Gasteiger partial charge in [0, 0.05) is 25.4 Å². The van der Waals surface area contributed by atoms with Crippen LogP contribution in [0.25, 0.3) is 11.0 Å². The number of hydrogen-bond donors (Lipinski definition) is 0. The lowest BCUT2D eigenvalue weighted by molar-refractivity contribution is -0.117. The molecule has 1 aliphatic heterocycles. The first-order valence-electron chi connectivity index (χ1n) is 10.6. The van der Waals surface area contributed by atoms with E-state index in [1.54, 1.807) is 7.11 Å². The lowest BCUT2D eigenvalue weighted by Gasteiger charge is -2.20. The Labute approximate surface area is 181 Å². The Kier molecular flexibility index (Phi) is 4.94. The van der Waals surface area contributed by atoms with Crippen molar-refractivity contribution in [1.82, 2.24) is 9.55 Å². The fourth-order valence-corrected chi connectivity index (χ4v) is 4.53. The van der Waals surface area contributed by atoms with Gasteiger partial charge < -0.3 is 14.2 Å². The van der Waals surface area contributed by atoms with Gasteiger partial charge in [-0.15, -0.1) is 0 Å². The smallest absolute Gasteiger partial charge is 0.227 e. The normalized spacial score (nSPS) is 16.3. The summed E-state index contributed by atoms with van der Waals surface area (Å²) in [6.45, 7) is 3.43. The number of carbonyl (C=O) groups is 1. The van der Waals surface area contributed by atoms with Crippen LogP contribution >= 0.6 is 0 Å². The minimum Gasteiger partial charge on any atom is -0.495 e. The van der Waals surface area contributed by atoms with Crippen LogP contribution in [0.4, 0.5) is 5.69 Å². The maximum absolute atomic E-state index is 13.0. The average Bonchev–Trinajstić information content (AvgIpc) is 3.34. The van der Waals surface area contributed by atoms with Crippen LogP contribution in [-0.4, -0.2) is 29.1 Å². The molecule has 0 N–H and O–H groups in total. The second kappa shape index (κ2) is 7.91. The molecule has 0 aliphatic carbocycles. The summed E-state index contributed by atoms with van der Waals surface area (Å²) in [5.41, 5.74) is 5.35. The molecular weight excluding hydrogens is 386 g/mol. The highest BCUT2D eigenvalue weighted by Crippen LogP contribution is 2.37. The monoisotopic (exact) mass is 411 g/mol. The van der Waals surface area contributed by atoms with Crippen LogP contribution in [0.3, 0.4) is 0 Å². The van der Waals surface area contributed by atoms with Gasteiger partial charge in [-0.25, -0.2) is 4.98 Å². The van der Waals surface area contributed by atoms with Gasteiger partial charge in [-0.2, -0.15) is 0 Å². The zero-order valence-electron chi connectivity index (χ0n) is 17.8. The van der Waals surface area contributed by atoms with Crippen LogP contribution in [0.15, 0.2) is 72.8 Å². The minimum atomic E-state index is 0.0228. The van der Waals surface area contributed by atoms with Crippen molar-refractivity contribution in [2.24, 2.45) is 0 Å². The van der Waals surface area contributed by atoms with E-state index in [1.807, 2.05) is 47.4 Å². The van der Waals surface area contributed by atoms with Gasteiger partial charge in [0.15, 0.2) is 0 Å². The number of nitrogens with zero attached hydrogens (tertiary/aromatic N) is 3. The third-order valence-electron chi connectivity index (χ3n) is 5.97. The van der Waals surface area contributed by atoms with Crippen LogP contribution in [0.1, 0.15) is 29.3 Å². The largest absolute Gasteiger partial charge is 0.495 e. The summed E-state index contributed by atoms with van der Waals surface area (Å²) in [5.74, 6) is 1.80. The van der Waals surface area contributed by atoms with Crippen LogP contribution in [0.2, 0.25) is 0 Å². The van der Waals surface area contributed by atoms with Crippen molar-refractivity contribution in [2.45, 2.75) is 25.8 Å². The van der Waals surface area contributed by atoms with E-state index in [-0.39, 0.29) is 11.8 Å². The molecule has 0 unspecified atom stereocenters. The highest BCUT2D eigenvalue weighted by atomic mass is 16.5. The van der Waals surface area contributed by atoms with E-state index in [9.17, 15) is 4.79 Å². The number of ether oxygens (including phenoxy) is 1. The molecule has 1 fully saturated rings. The third-order valence-corrected chi connectivity index (χ3v) is 5.97. The number of amides is 1. The summed E-state index contributed by atoms with van der Waals surface area (Å²) in [6, 6.07) is 24.4. The number of fused-ring (bicyclic) bond motifs is 1. The molecule has 0 radical (unpaired) electrons. The van der Waals surface area contributed by atoms with Gasteiger partial charge in [-0.05, 0) is 36.8 Å². The van der Waals surface area contributed by atoms with Gasteiger partial charge in [0.05, 0.1) is 23.8 Å². The molecule has 156 valence electrons. The number of methoxy groups -OCH3 is 1. The van der Waals surface area contributed by atoms with Gasteiger partial charge in [-0.3, -0.25) is 4.79 Å². The number of anilines is 1. The van der Waals surface area contributed by atoms with Crippen molar-refractivity contribution in [1.29, 1.82) is 0 Å². The SMILES string of the molecule is COc1ccccc1N1C[C@H](c2nc3ccccc3n2Cc2cccc(C)c2)CC1=O. The van der Waals surface area contributed by atoms with E-state index in [0.29, 0.717) is 18.7 Å². The third kappa shape index (κ3) is 3.56. The number of aryl methyl sites for hydroxylation is 1. The maximum atomic E-state index is 13.0. The predicted octanol–water partition coefficient (Wildman–Crippen LogP) is 4.92. The minimum absolute atomic E-state index is 0.0228. The molecule has 2 heterocycles. The van der Waals surface area contributed by atoms with Crippen molar-refractivity contribution < 1.29 is 9.53 Å². The van der Waals surface area contributed by atoms with Gasteiger partial charge >= 0.3 is 0 Å². The Morgan fingerprint density at radius 3 is 2.68 bits per heavy atom. The van der Waals surface area contributed by atoms with E-state index >= 15 is 0 Å². The molecule has 3 aromatic carbocycles. The first kappa shape index (κ1) is 19.4. The zero-order chi connectivity index (χ0) is 21.4. The quantitative estimate of drug-likeness (QED) is 0.468. The predicted molar refractivity (Wildman–Crippen MR) is 123 cm³/mol. The van der Waals surface area contributed by atoms with E-state index in [1.165, 1.54) is 11.1 Å². The molecule has 5 heteroatoms. The van der Waals surface area contributed by atoms with Crippen LogP contribution in [-0.2, 0) is 11.3 Å². The van der Waals surface area contributed by atoms with Crippen LogP contribution in [0.5, 0.6) is 5.75 Å². The number of para-hydroxylation sites is 4. The number of imidazole rings is 1. The van der Waals surface area contributed by atoms with E-state index in [4.69, 9.17) is 9.72 Å². The summed E-state index contributed by atoms with van der Waals surface area (Å²) < 4.78 is 7.77. The molecule has 1 aliphatic rings. The summed E-state index contributed by atoms with van der Waals surface area (Å²) in [7, 11) is 1.64. The first-order valence-corrected chi connectivity index (χ1v) is 10.6. The Balaban J connectivity index is 1.54. The number of rotatable bonds is 5. The summed E-state index contributed by atoms with van der Waals surface area (Å²) >= 11 is 0. The Hall–Kier alpha value is -3.60. The fourth-order valence-electron chi connectivity index (χ4n) is 4.53. The summed E-state index contributed by atoms with van der Waals surface area (Å²) in [4.78, 5) is 19.8. The molecule has 4 aromatic rings. The van der Waals surface area contributed by atoms with Gasteiger partial charge in [-0.1, -0.05) is 54.1 Å². The molecule has 31 heavy (non-hydrogen) atoms. The molecule has 1 amide bonds. The molecule has 1 atom stereocenters. The van der Waals surface area contributed by atoms with Gasteiger partial charge in [0.25, 0.3) is 0 Å². The lowest BCUT2D eigenvalue weighted by Crippen LogP contribution is -2.25. The number of carbonyl (C=O) groups excluding carboxylic acids is 1. The number of aromatic nitrogens is 2. The maximum Gasteiger partial charge on any atom is 0.227 e. The molecule has 0 bridgehead atoms. The number of benzene rings is 3. The first-order chi connectivity index (χ1) is 15.1. The Morgan fingerprint density at radius 1 is 1.03 bits per heavy atom. The van der Waals surface area contributed by atoms with Crippen molar-refractivity contribution in [3.8, 4) is 5.75 Å². The second-order valence-corrected chi connectivity index (χ2v) is 8.11. The molecular formula is C26H25N3O2. The second-order valence-electron chi connectivity index (χ2n) is 8.11. The average molecular weight is 412 g/mol. The summed E-state index contributed by atoms with van der Waals surface area (Å²) in [6.07, 6.45) is 0.440. The van der Waals surface area contributed by atoms with Gasteiger partial charge in [0.1, 0.15) is 11.6 Å². The molecule has 5 nitrogen and oxygen atoms in total. The zero-order valence-corrected chi connectivity index (χ0v) is 17.8. The van der Waals surface area contributed by atoms with Gasteiger partial charge in [0.2, 0.25) is 5.91 Å². The standard InChI is InChI=1S/C26H25N3O2/c1-18-8-7-9-19(14-18)16-29-22-11-4-3-10-21(22)27-26(29)20-15-25(30)28(17-20)23-12-5-6-13-24(23)31-2/h3-14,20H,15-17H2,1-2H3/t20-/m1/s1. The fraction of sp³-hybridized carbons (Fsp3) is 0.231. The summed E-state index contributed by atoms with van der Waals surface area (Å²) in [5, 5.41) is 0. The molecule has 1 saturated heterocycles. The van der Waals surface area contributed by atoms with Crippen LogP contribution < -0.4 is 9.64 Å². The molecule has 1 aromatic heterocycles.